The van der Waals surface area contributed by atoms with Crippen molar-refractivity contribution < 1.29 is 14.3 Å². The number of rotatable bonds is 4. The Hall–Kier alpha value is -2.26. The van der Waals surface area contributed by atoms with Crippen LogP contribution in [0.2, 0.25) is 0 Å². The van der Waals surface area contributed by atoms with E-state index in [1.54, 1.807) is 0 Å². The average molecular weight is 320 g/mol. The van der Waals surface area contributed by atoms with Crippen LogP contribution in [-0.2, 0) is 16.0 Å². The summed E-state index contributed by atoms with van der Waals surface area (Å²) in [6, 6.07) is 17.9. The van der Waals surface area contributed by atoms with E-state index in [0.29, 0.717) is 6.42 Å². The third kappa shape index (κ3) is 2.15. The largest absolute Gasteiger partial charge is 0.359 e. The van der Waals surface area contributed by atoms with E-state index < -0.39 is 5.60 Å². The maximum Gasteiger partial charge on any atom is 0.195 e. The lowest BCUT2D eigenvalue weighted by Gasteiger charge is -2.32. The molecule has 1 fully saturated rings. The minimum Gasteiger partial charge on any atom is -0.359 e. The fraction of sp³-hybridized carbons (Fsp3) is 0.333. The zero-order valence-corrected chi connectivity index (χ0v) is 13.6. The van der Waals surface area contributed by atoms with Gasteiger partial charge in [-0.3, -0.25) is 4.79 Å². The monoisotopic (exact) mass is 320 g/mol. The van der Waals surface area contributed by atoms with Gasteiger partial charge in [-0.1, -0.05) is 54.6 Å². The minimum atomic E-state index is -0.903. The number of hydrogen-bond donors (Lipinski definition) is 0. The Kier molecular flexibility index (Phi) is 3.61. The Balaban J connectivity index is 1.80. The fourth-order valence-electron chi connectivity index (χ4n) is 4.43. The number of ketones is 1. The summed E-state index contributed by atoms with van der Waals surface area (Å²) in [4.78, 5) is 24.3. The highest BCUT2D eigenvalue weighted by atomic mass is 16.5. The number of hydrogen-bond acceptors (Lipinski definition) is 3. The molecule has 4 rings (SSSR count). The Morgan fingerprint density at radius 2 is 1.79 bits per heavy atom. The molecule has 1 saturated heterocycles. The second-order valence-corrected chi connectivity index (χ2v) is 6.92. The van der Waals surface area contributed by atoms with Crippen LogP contribution < -0.4 is 0 Å². The van der Waals surface area contributed by atoms with Crippen LogP contribution in [0, 0.1) is 11.8 Å². The fourth-order valence-corrected chi connectivity index (χ4v) is 4.43. The van der Waals surface area contributed by atoms with Gasteiger partial charge in [0.05, 0.1) is 6.10 Å². The summed E-state index contributed by atoms with van der Waals surface area (Å²) in [7, 11) is 0. The van der Waals surface area contributed by atoms with Crippen molar-refractivity contribution in [2.75, 3.05) is 0 Å². The van der Waals surface area contributed by atoms with Gasteiger partial charge in [-0.15, -0.1) is 0 Å². The maximum atomic E-state index is 13.0. The molecule has 1 unspecified atom stereocenters. The van der Waals surface area contributed by atoms with E-state index in [9.17, 15) is 9.59 Å². The topological polar surface area (TPSA) is 43.4 Å². The first-order chi connectivity index (χ1) is 11.6. The highest BCUT2D eigenvalue weighted by Crippen LogP contribution is 2.55. The standard InChI is InChI=1S/C21H20O3/c1-21-18(11-12-22)17(13-14-7-3-2-4-8-14)19(24-21)15-9-5-6-10-16(15)20(21)23/h2-10,12,17-19H,11,13H2,1H3/t17-,18-,19+,21?/m1/s1. The molecule has 2 aliphatic heterocycles. The van der Waals surface area contributed by atoms with Crippen molar-refractivity contribution in [2.45, 2.75) is 31.5 Å². The molecule has 3 nitrogen and oxygen atoms in total. The summed E-state index contributed by atoms with van der Waals surface area (Å²) < 4.78 is 6.27. The molecule has 2 aliphatic rings. The van der Waals surface area contributed by atoms with Crippen molar-refractivity contribution in [1.82, 2.24) is 0 Å². The normalized spacial score (nSPS) is 30.9. The molecule has 2 heterocycles. The molecule has 2 aromatic rings. The van der Waals surface area contributed by atoms with Crippen molar-refractivity contribution in [3.05, 3.63) is 71.3 Å². The number of aldehydes is 1. The number of carbonyl (C=O) groups is 2. The summed E-state index contributed by atoms with van der Waals surface area (Å²) in [6.07, 6.45) is 1.95. The summed E-state index contributed by atoms with van der Waals surface area (Å²) in [5.41, 5.74) is 2.03. The molecule has 3 heteroatoms. The Labute approximate surface area is 141 Å². The van der Waals surface area contributed by atoms with Gasteiger partial charge in [0.2, 0.25) is 0 Å². The van der Waals surface area contributed by atoms with Crippen molar-refractivity contribution >= 4 is 12.1 Å². The van der Waals surface area contributed by atoms with Gasteiger partial charge >= 0.3 is 0 Å². The molecule has 0 radical (unpaired) electrons. The lowest BCUT2D eigenvalue weighted by molar-refractivity contribution is -0.109. The van der Waals surface area contributed by atoms with Crippen LogP contribution in [0.4, 0.5) is 0 Å². The smallest absolute Gasteiger partial charge is 0.195 e. The van der Waals surface area contributed by atoms with Gasteiger partial charge in [0.1, 0.15) is 11.9 Å². The van der Waals surface area contributed by atoms with Crippen molar-refractivity contribution in [2.24, 2.45) is 11.8 Å². The van der Waals surface area contributed by atoms with Gasteiger partial charge in [0, 0.05) is 17.9 Å². The van der Waals surface area contributed by atoms with Crippen LogP contribution in [0.25, 0.3) is 0 Å². The predicted molar refractivity (Wildman–Crippen MR) is 90.8 cm³/mol. The summed E-state index contributed by atoms with van der Waals surface area (Å²) >= 11 is 0. The molecule has 0 N–H and O–H groups in total. The van der Waals surface area contributed by atoms with E-state index in [4.69, 9.17) is 4.74 Å². The van der Waals surface area contributed by atoms with Crippen LogP contribution in [-0.4, -0.2) is 17.7 Å². The van der Waals surface area contributed by atoms with E-state index in [1.165, 1.54) is 5.56 Å². The molecule has 0 spiro atoms. The van der Waals surface area contributed by atoms with E-state index in [1.807, 2.05) is 49.4 Å². The first kappa shape index (κ1) is 15.3. The summed E-state index contributed by atoms with van der Waals surface area (Å²) in [5.74, 6) is 0.0343. The van der Waals surface area contributed by atoms with E-state index in [2.05, 4.69) is 12.1 Å². The second kappa shape index (κ2) is 5.67. The van der Waals surface area contributed by atoms with Gasteiger partial charge in [0.15, 0.2) is 5.78 Å². The average Bonchev–Trinajstić information content (AvgIpc) is 2.86. The third-order valence-corrected chi connectivity index (χ3v) is 5.61. The maximum absolute atomic E-state index is 13.0. The minimum absolute atomic E-state index is 0.0109. The molecule has 2 aromatic carbocycles. The molecule has 2 bridgehead atoms. The number of benzene rings is 2. The first-order valence-corrected chi connectivity index (χ1v) is 8.44. The van der Waals surface area contributed by atoms with Crippen molar-refractivity contribution in [1.29, 1.82) is 0 Å². The second-order valence-electron chi connectivity index (χ2n) is 6.92. The quantitative estimate of drug-likeness (QED) is 0.805. The predicted octanol–water partition coefficient (Wildman–Crippen LogP) is 3.78. The Morgan fingerprint density at radius 3 is 2.54 bits per heavy atom. The van der Waals surface area contributed by atoms with Crippen molar-refractivity contribution in [3.63, 3.8) is 0 Å². The zero-order chi connectivity index (χ0) is 16.7. The molecule has 0 saturated carbocycles. The molecule has 0 amide bonds. The summed E-state index contributed by atoms with van der Waals surface area (Å²) in [5, 5.41) is 0. The van der Waals surface area contributed by atoms with Crippen LogP contribution in [0.5, 0.6) is 0 Å². The number of fused-ring (bicyclic) bond motifs is 4. The molecule has 0 aliphatic carbocycles. The van der Waals surface area contributed by atoms with Crippen molar-refractivity contribution in [3.8, 4) is 0 Å². The molecule has 24 heavy (non-hydrogen) atoms. The summed E-state index contributed by atoms with van der Waals surface area (Å²) in [6.45, 7) is 1.86. The van der Waals surface area contributed by atoms with E-state index in [0.717, 1.165) is 23.8 Å². The molecular weight excluding hydrogens is 300 g/mol. The van der Waals surface area contributed by atoms with Gasteiger partial charge in [-0.2, -0.15) is 0 Å². The molecule has 4 atom stereocenters. The SMILES string of the molecule is CC12O[C@@H](c3ccccc3C1=O)[C@H](Cc1ccccc1)[C@H]2CC=O. The third-order valence-electron chi connectivity index (χ3n) is 5.61. The van der Waals surface area contributed by atoms with Gasteiger partial charge in [0.25, 0.3) is 0 Å². The first-order valence-electron chi connectivity index (χ1n) is 8.44. The highest BCUT2D eigenvalue weighted by Gasteiger charge is 2.59. The number of Topliss-reactive ketones (excluding diaryl/α,β-unsaturated/α-hetero) is 1. The van der Waals surface area contributed by atoms with Crippen LogP contribution in [0.3, 0.4) is 0 Å². The van der Waals surface area contributed by atoms with Gasteiger partial charge < -0.3 is 9.53 Å². The molecule has 122 valence electrons. The lowest BCUT2D eigenvalue weighted by Crippen LogP contribution is -2.44. The molecule has 0 aromatic heterocycles. The van der Waals surface area contributed by atoms with Crippen LogP contribution >= 0.6 is 0 Å². The van der Waals surface area contributed by atoms with Gasteiger partial charge in [-0.25, -0.2) is 0 Å². The highest BCUT2D eigenvalue weighted by molar-refractivity contribution is 6.05. The number of carbonyl (C=O) groups excluding carboxylic acids is 2. The number of ether oxygens (including phenoxy) is 1. The van der Waals surface area contributed by atoms with E-state index in [-0.39, 0.29) is 23.7 Å². The Morgan fingerprint density at radius 1 is 1.08 bits per heavy atom. The van der Waals surface area contributed by atoms with Crippen LogP contribution in [0.1, 0.15) is 40.9 Å². The zero-order valence-electron chi connectivity index (χ0n) is 13.6. The van der Waals surface area contributed by atoms with Gasteiger partial charge in [-0.05, 0) is 30.4 Å². The Bertz CT molecular complexity index is 783. The van der Waals surface area contributed by atoms with Crippen LogP contribution in [0.15, 0.2) is 54.6 Å². The lowest BCUT2D eigenvalue weighted by atomic mass is 9.75. The molecular formula is C21H20O3. The van der Waals surface area contributed by atoms with E-state index >= 15 is 0 Å².